The Morgan fingerprint density at radius 1 is 1.08 bits per heavy atom. The topological polar surface area (TPSA) is 58.2 Å². The van der Waals surface area contributed by atoms with Gasteiger partial charge in [0.1, 0.15) is 6.04 Å². The first-order valence-electron chi connectivity index (χ1n) is 9.09. The Balaban J connectivity index is 2.76. The molecule has 0 heterocycles. The van der Waals surface area contributed by atoms with E-state index in [0.717, 1.165) is 6.42 Å². The van der Waals surface area contributed by atoms with Crippen molar-refractivity contribution in [3.63, 3.8) is 0 Å². The second kappa shape index (κ2) is 8.50. The number of benzene rings is 1. The van der Waals surface area contributed by atoms with E-state index >= 15 is 0 Å². The van der Waals surface area contributed by atoms with Crippen LogP contribution in [0.15, 0.2) is 12.1 Å². The van der Waals surface area contributed by atoms with E-state index in [1.165, 1.54) is 29.2 Å². The molecule has 0 aliphatic carbocycles. The lowest BCUT2D eigenvalue weighted by molar-refractivity contribution is -0.129. The van der Waals surface area contributed by atoms with Gasteiger partial charge in [-0.3, -0.25) is 9.59 Å². The van der Waals surface area contributed by atoms with Crippen LogP contribution in [0.4, 0.5) is 0 Å². The number of hydrogen-bond donors (Lipinski definition) is 2. The van der Waals surface area contributed by atoms with Gasteiger partial charge in [0.2, 0.25) is 11.8 Å². The van der Waals surface area contributed by atoms with Gasteiger partial charge in [0.15, 0.2) is 0 Å². The Morgan fingerprint density at radius 3 is 2.00 bits per heavy atom. The van der Waals surface area contributed by atoms with Crippen LogP contribution in [-0.2, 0) is 21.4 Å². The van der Waals surface area contributed by atoms with Crippen LogP contribution in [0.3, 0.4) is 0 Å². The molecule has 0 saturated carbocycles. The highest BCUT2D eigenvalue weighted by Crippen LogP contribution is 2.27. The molecule has 0 spiro atoms. The SMILES string of the molecule is CC(=O)N[C@@H](C(=O)NCCc1c(C)cc(C(C)(C)C)cc1C)C(C)C. The fourth-order valence-corrected chi connectivity index (χ4v) is 3.00. The van der Waals surface area contributed by atoms with E-state index in [9.17, 15) is 9.59 Å². The first-order valence-corrected chi connectivity index (χ1v) is 9.09. The number of carbonyl (C=O) groups is 2. The predicted octanol–water partition coefficient (Wildman–Crippen LogP) is 3.42. The van der Waals surface area contributed by atoms with Gasteiger partial charge in [-0.2, -0.15) is 0 Å². The highest BCUT2D eigenvalue weighted by Gasteiger charge is 2.22. The summed E-state index contributed by atoms with van der Waals surface area (Å²) in [6.07, 6.45) is 0.790. The molecule has 1 aromatic rings. The van der Waals surface area contributed by atoms with Crippen LogP contribution in [0.1, 0.15) is 63.8 Å². The Labute approximate surface area is 152 Å². The molecule has 0 aliphatic heterocycles. The Kier molecular flexibility index (Phi) is 7.21. The number of carbonyl (C=O) groups excluding carboxylic acids is 2. The highest BCUT2D eigenvalue weighted by atomic mass is 16.2. The van der Waals surface area contributed by atoms with Crippen molar-refractivity contribution in [3.8, 4) is 0 Å². The van der Waals surface area contributed by atoms with Gasteiger partial charge in [-0.1, -0.05) is 46.8 Å². The summed E-state index contributed by atoms with van der Waals surface area (Å²) in [7, 11) is 0. The zero-order chi connectivity index (χ0) is 19.4. The van der Waals surface area contributed by atoms with Crippen molar-refractivity contribution in [1.82, 2.24) is 10.6 Å². The molecule has 2 amide bonds. The zero-order valence-corrected chi connectivity index (χ0v) is 17.0. The van der Waals surface area contributed by atoms with Gasteiger partial charge in [-0.15, -0.1) is 0 Å². The molecule has 1 rings (SSSR count). The average Bonchev–Trinajstić information content (AvgIpc) is 2.45. The van der Waals surface area contributed by atoms with Crippen molar-refractivity contribution in [1.29, 1.82) is 0 Å². The van der Waals surface area contributed by atoms with Gasteiger partial charge in [0.25, 0.3) is 0 Å². The third kappa shape index (κ3) is 6.18. The lowest BCUT2D eigenvalue weighted by Crippen LogP contribution is -2.49. The summed E-state index contributed by atoms with van der Waals surface area (Å²) in [5, 5.41) is 5.69. The summed E-state index contributed by atoms with van der Waals surface area (Å²) >= 11 is 0. The van der Waals surface area contributed by atoms with E-state index < -0.39 is 6.04 Å². The Bertz CT molecular complexity index is 604. The van der Waals surface area contributed by atoms with E-state index in [-0.39, 0.29) is 23.1 Å². The summed E-state index contributed by atoms with van der Waals surface area (Å²) in [5.41, 5.74) is 5.28. The minimum Gasteiger partial charge on any atom is -0.354 e. The quantitative estimate of drug-likeness (QED) is 0.829. The van der Waals surface area contributed by atoms with E-state index in [4.69, 9.17) is 0 Å². The van der Waals surface area contributed by atoms with E-state index in [0.29, 0.717) is 6.54 Å². The zero-order valence-electron chi connectivity index (χ0n) is 17.0. The largest absolute Gasteiger partial charge is 0.354 e. The molecular formula is C21H34N2O2. The van der Waals surface area contributed by atoms with Crippen LogP contribution < -0.4 is 10.6 Å². The maximum atomic E-state index is 12.3. The number of amides is 2. The van der Waals surface area contributed by atoms with Gasteiger partial charge >= 0.3 is 0 Å². The van der Waals surface area contributed by atoms with Crippen molar-refractivity contribution < 1.29 is 9.59 Å². The monoisotopic (exact) mass is 346 g/mol. The molecular weight excluding hydrogens is 312 g/mol. The van der Waals surface area contributed by atoms with Crippen molar-refractivity contribution in [2.75, 3.05) is 6.54 Å². The highest BCUT2D eigenvalue weighted by molar-refractivity contribution is 5.87. The fraction of sp³-hybridized carbons (Fsp3) is 0.619. The molecule has 25 heavy (non-hydrogen) atoms. The first kappa shape index (κ1) is 21.2. The molecule has 4 nitrogen and oxygen atoms in total. The molecule has 0 aliphatic rings. The Hall–Kier alpha value is -1.84. The van der Waals surface area contributed by atoms with Crippen LogP contribution in [0, 0.1) is 19.8 Å². The molecule has 0 radical (unpaired) electrons. The minimum absolute atomic E-state index is 0.0541. The molecule has 4 heteroatoms. The van der Waals surface area contributed by atoms with Crippen LogP contribution >= 0.6 is 0 Å². The molecule has 0 bridgehead atoms. The molecule has 0 saturated heterocycles. The third-order valence-electron chi connectivity index (χ3n) is 4.54. The normalized spacial score (nSPS) is 12.8. The number of rotatable bonds is 6. The molecule has 140 valence electrons. The summed E-state index contributed by atoms with van der Waals surface area (Å²) in [6, 6.07) is 4.01. The maximum absolute atomic E-state index is 12.3. The van der Waals surface area contributed by atoms with Crippen LogP contribution in [-0.4, -0.2) is 24.4 Å². The lowest BCUT2D eigenvalue weighted by Gasteiger charge is -2.23. The number of hydrogen-bond acceptors (Lipinski definition) is 2. The second-order valence-corrected chi connectivity index (χ2v) is 8.30. The summed E-state index contributed by atoms with van der Waals surface area (Å²) < 4.78 is 0. The molecule has 2 N–H and O–H groups in total. The van der Waals surface area contributed by atoms with Crippen LogP contribution in [0.5, 0.6) is 0 Å². The van der Waals surface area contributed by atoms with Gasteiger partial charge in [-0.05, 0) is 53.9 Å². The molecule has 1 aromatic carbocycles. The minimum atomic E-state index is -0.483. The number of aryl methyl sites for hydroxylation is 2. The fourth-order valence-electron chi connectivity index (χ4n) is 3.00. The summed E-state index contributed by atoms with van der Waals surface area (Å²) in [5.74, 6) is -0.247. The van der Waals surface area contributed by atoms with Crippen LogP contribution in [0.2, 0.25) is 0 Å². The standard InChI is InChI=1S/C21H34N2O2/c1-13(2)19(23-16(5)24)20(25)22-10-9-18-14(3)11-17(12-15(18)4)21(6,7)8/h11-13,19H,9-10H2,1-8H3,(H,22,25)(H,23,24)/t19-/m1/s1. The van der Waals surface area contributed by atoms with E-state index in [2.05, 4.69) is 57.4 Å². The van der Waals surface area contributed by atoms with Crippen molar-refractivity contribution in [2.45, 2.75) is 73.3 Å². The average molecular weight is 347 g/mol. The van der Waals surface area contributed by atoms with Gasteiger partial charge in [-0.25, -0.2) is 0 Å². The smallest absolute Gasteiger partial charge is 0.242 e. The van der Waals surface area contributed by atoms with Crippen molar-refractivity contribution in [3.05, 3.63) is 34.4 Å². The maximum Gasteiger partial charge on any atom is 0.242 e. The number of nitrogens with one attached hydrogen (secondary N) is 2. The molecule has 0 fully saturated rings. The molecule has 0 aromatic heterocycles. The van der Waals surface area contributed by atoms with Gasteiger partial charge in [0, 0.05) is 13.5 Å². The van der Waals surface area contributed by atoms with Crippen molar-refractivity contribution >= 4 is 11.8 Å². The third-order valence-corrected chi connectivity index (χ3v) is 4.54. The summed E-state index contributed by atoms with van der Waals surface area (Å²) in [6.45, 7) is 16.8. The molecule has 0 unspecified atom stereocenters. The van der Waals surface area contributed by atoms with Crippen LogP contribution in [0.25, 0.3) is 0 Å². The van der Waals surface area contributed by atoms with Crippen molar-refractivity contribution in [2.24, 2.45) is 5.92 Å². The lowest BCUT2D eigenvalue weighted by atomic mass is 9.83. The Morgan fingerprint density at radius 2 is 1.60 bits per heavy atom. The van der Waals surface area contributed by atoms with E-state index in [1.807, 2.05) is 13.8 Å². The van der Waals surface area contributed by atoms with Gasteiger partial charge in [0.05, 0.1) is 0 Å². The second-order valence-electron chi connectivity index (χ2n) is 8.30. The predicted molar refractivity (Wildman–Crippen MR) is 104 cm³/mol. The summed E-state index contributed by atoms with van der Waals surface area (Å²) in [4.78, 5) is 23.6. The van der Waals surface area contributed by atoms with E-state index in [1.54, 1.807) is 0 Å². The first-order chi connectivity index (χ1) is 11.4. The van der Waals surface area contributed by atoms with Gasteiger partial charge < -0.3 is 10.6 Å². The molecule has 1 atom stereocenters.